The van der Waals surface area contributed by atoms with E-state index in [1.165, 1.54) is 6.07 Å². The number of piperidine rings is 1. The predicted octanol–water partition coefficient (Wildman–Crippen LogP) is 1.86. The van der Waals surface area contributed by atoms with Crippen molar-refractivity contribution in [2.75, 3.05) is 13.1 Å². The molecule has 1 fully saturated rings. The van der Waals surface area contributed by atoms with Crippen LogP contribution >= 0.6 is 0 Å². The van der Waals surface area contributed by atoms with Gasteiger partial charge in [0.2, 0.25) is 0 Å². The van der Waals surface area contributed by atoms with Crippen LogP contribution < -0.4 is 10.6 Å². The maximum Gasteiger partial charge on any atom is 0.251 e. The lowest BCUT2D eigenvalue weighted by atomic mass is 9.95. The first-order valence-electron chi connectivity index (χ1n) is 6.35. The number of hydrogen-bond acceptors (Lipinski definition) is 2. The molecule has 1 heterocycles. The van der Waals surface area contributed by atoms with E-state index in [2.05, 4.69) is 17.6 Å². The van der Waals surface area contributed by atoms with Crippen molar-refractivity contribution in [2.24, 2.45) is 5.92 Å². The van der Waals surface area contributed by atoms with Gasteiger partial charge in [-0.25, -0.2) is 4.39 Å². The van der Waals surface area contributed by atoms with E-state index >= 15 is 0 Å². The second-order valence-electron chi connectivity index (χ2n) is 5.01. The second-order valence-corrected chi connectivity index (χ2v) is 5.01. The van der Waals surface area contributed by atoms with Crippen molar-refractivity contribution in [3.63, 3.8) is 0 Å². The van der Waals surface area contributed by atoms with E-state index in [4.69, 9.17) is 0 Å². The molecule has 0 aromatic heterocycles. The van der Waals surface area contributed by atoms with Gasteiger partial charge >= 0.3 is 0 Å². The van der Waals surface area contributed by atoms with E-state index in [9.17, 15) is 9.18 Å². The molecule has 18 heavy (non-hydrogen) atoms. The minimum atomic E-state index is -0.332. The van der Waals surface area contributed by atoms with Crippen molar-refractivity contribution in [3.05, 3.63) is 35.1 Å². The molecular formula is C14H19FN2O. The summed E-state index contributed by atoms with van der Waals surface area (Å²) < 4.78 is 13.4. The zero-order valence-corrected chi connectivity index (χ0v) is 10.8. The van der Waals surface area contributed by atoms with Crippen LogP contribution in [0.3, 0.4) is 0 Å². The van der Waals surface area contributed by atoms with Gasteiger partial charge in [0.05, 0.1) is 0 Å². The fraction of sp³-hybridized carbons (Fsp3) is 0.500. The van der Waals surface area contributed by atoms with Crippen LogP contribution in [0.4, 0.5) is 4.39 Å². The van der Waals surface area contributed by atoms with Crippen molar-refractivity contribution in [2.45, 2.75) is 26.3 Å². The highest BCUT2D eigenvalue weighted by Gasteiger charge is 2.23. The van der Waals surface area contributed by atoms with Crippen LogP contribution in [-0.2, 0) is 0 Å². The Bertz CT molecular complexity index is 447. The molecule has 1 aromatic rings. The number of carbonyl (C=O) groups is 1. The van der Waals surface area contributed by atoms with Crippen molar-refractivity contribution in [1.82, 2.24) is 10.6 Å². The Morgan fingerprint density at radius 2 is 2.28 bits per heavy atom. The maximum atomic E-state index is 13.4. The maximum absolute atomic E-state index is 13.4. The fourth-order valence-electron chi connectivity index (χ4n) is 2.21. The number of amides is 1. The summed E-state index contributed by atoms with van der Waals surface area (Å²) in [6, 6.07) is 4.77. The Morgan fingerprint density at radius 3 is 2.94 bits per heavy atom. The quantitative estimate of drug-likeness (QED) is 0.841. The summed E-state index contributed by atoms with van der Waals surface area (Å²) in [6.45, 7) is 5.61. The highest BCUT2D eigenvalue weighted by atomic mass is 19.1. The summed E-state index contributed by atoms with van der Waals surface area (Å²) in [6.07, 6.45) is 0.918. The number of carbonyl (C=O) groups excluding carboxylic acids is 1. The summed E-state index contributed by atoms with van der Waals surface area (Å²) in [5, 5.41) is 6.27. The van der Waals surface area contributed by atoms with E-state index < -0.39 is 0 Å². The van der Waals surface area contributed by atoms with Gasteiger partial charge in [-0.1, -0.05) is 13.0 Å². The van der Waals surface area contributed by atoms with Gasteiger partial charge in [-0.15, -0.1) is 0 Å². The molecule has 3 nitrogen and oxygen atoms in total. The third kappa shape index (κ3) is 2.88. The molecule has 1 amide bonds. The number of rotatable bonds is 2. The Kier molecular flexibility index (Phi) is 3.97. The van der Waals surface area contributed by atoms with Gasteiger partial charge in [-0.3, -0.25) is 4.79 Å². The monoisotopic (exact) mass is 250 g/mol. The van der Waals surface area contributed by atoms with E-state index in [0.717, 1.165) is 19.5 Å². The molecule has 1 aliphatic heterocycles. The van der Waals surface area contributed by atoms with E-state index in [1.54, 1.807) is 19.1 Å². The zero-order chi connectivity index (χ0) is 13.1. The fourth-order valence-corrected chi connectivity index (χ4v) is 2.21. The van der Waals surface area contributed by atoms with Crippen molar-refractivity contribution in [1.29, 1.82) is 0 Å². The molecule has 4 heteroatoms. The van der Waals surface area contributed by atoms with Crippen LogP contribution in [0.25, 0.3) is 0 Å². The summed E-state index contributed by atoms with van der Waals surface area (Å²) >= 11 is 0. The Hall–Kier alpha value is -1.42. The van der Waals surface area contributed by atoms with Crippen molar-refractivity contribution in [3.8, 4) is 0 Å². The molecule has 0 spiro atoms. The van der Waals surface area contributed by atoms with Crippen LogP contribution in [0.5, 0.6) is 0 Å². The number of nitrogens with one attached hydrogen (secondary N) is 2. The summed E-state index contributed by atoms with van der Waals surface area (Å²) in [7, 11) is 0. The number of benzene rings is 1. The molecule has 0 unspecified atom stereocenters. The molecular weight excluding hydrogens is 231 g/mol. The van der Waals surface area contributed by atoms with E-state index in [0.29, 0.717) is 17.0 Å². The minimum Gasteiger partial charge on any atom is -0.349 e. The molecule has 2 rings (SSSR count). The molecule has 98 valence electrons. The molecule has 0 saturated carbocycles. The first-order valence-corrected chi connectivity index (χ1v) is 6.35. The Balaban J connectivity index is 2.04. The summed E-state index contributed by atoms with van der Waals surface area (Å²) in [5.74, 6) is -0.119. The van der Waals surface area contributed by atoms with Crippen LogP contribution in [0.2, 0.25) is 0 Å². The average Bonchev–Trinajstić information content (AvgIpc) is 2.35. The molecule has 1 aromatic carbocycles. The number of aryl methyl sites for hydroxylation is 1. The lowest BCUT2D eigenvalue weighted by molar-refractivity contribution is 0.0913. The Labute approximate surface area is 107 Å². The smallest absolute Gasteiger partial charge is 0.251 e. The van der Waals surface area contributed by atoms with Gasteiger partial charge in [0.1, 0.15) is 5.82 Å². The first-order chi connectivity index (χ1) is 8.58. The van der Waals surface area contributed by atoms with Gasteiger partial charge in [-0.05, 0) is 50.0 Å². The van der Waals surface area contributed by atoms with Crippen LogP contribution in [0.15, 0.2) is 18.2 Å². The third-order valence-corrected chi connectivity index (χ3v) is 3.54. The first kappa shape index (κ1) is 13.0. The van der Waals surface area contributed by atoms with Crippen molar-refractivity contribution < 1.29 is 9.18 Å². The molecule has 2 N–H and O–H groups in total. The Morgan fingerprint density at radius 1 is 1.50 bits per heavy atom. The van der Waals surface area contributed by atoms with Gasteiger partial charge in [-0.2, -0.15) is 0 Å². The molecule has 1 aliphatic rings. The highest BCUT2D eigenvalue weighted by molar-refractivity contribution is 5.94. The van der Waals surface area contributed by atoms with Gasteiger partial charge < -0.3 is 10.6 Å². The number of hydrogen-bond donors (Lipinski definition) is 2. The molecule has 0 radical (unpaired) electrons. The summed E-state index contributed by atoms with van der Waals surface area (Å²) in [5.41, 5.74) is 0.950. The van der Waals surface area contributed by atoms with Crippen molar-refractivity contribution >= 4 is 5.91 Å². The SMILES string of the molecule is Cc1ccc(C(=O)N[C@@H]2CCNC[C@@H]2C)cc1F. The normalized spacial score (nSPS) is 23.7. The van der Waals surface area contributed by atoms with Crippen LogP contribution in [0, 0.1) is 18.7 Å². The van der Waals surface area contributed by atoms with Gasteiger partial charge in [0.15, 0.2) is 0 Å². The van der Waals surface area contributed by atoms with E-state index in [1.807, 2.05) is 0 Å². The summed E-state index contributed by atoms with van der Waals surface area (Å²) in [4.78, 5) is 12.0. The second kappa shape index (κ2) is 5.48. The zero-order valence-electron chi connectivity index (χ0n) is 10.8. The molecule has 2 atom stereocenters. The van der Waals surface area contributed by atoms with Gasteiger partial charge in [0, 0.05) is 11.6 Å². The highest BCUT2D eigenvalue weighted by Crippen LogP contribution is 2.13. The van der Waals surface area contributed by atoms with Gasteiger partial charge in [0.25, 0.3) is 5.91 Å². The molecule has 0 bridgehead atoms. The average molecular weight is 250 g/mol. The van der Waals surface area contributed by atoms with Crippen LogP contribution in [-0.4, -0.2) is 25.0 Å². The molecule has 1 saturated heterocycles. The molecule has 0 aliphatic carbocycles. The largest absolute Gasteiger partial charge is 0.349 e. The topological polar surface area (TPSA) is 41.1 Å². The number of halogens is 1. The third-order valence-electron chi connectivity index (χ3n) is 3.54. The predicted molar refractivity (Wildman–Crippen MR) is 69.0 cm³/mol. The lowest BCUT2D eigenvalue weighted by Gasteiger charge is -2.30. The lowest BCUT2D eigenvalue weighted by Crippen LogP contribution is -2.48. The van der Waals surface area contributed by atoms with Crippen LogP contribution in [0.1, 0.15) is 29.3 Å². The standard InChI is InChI=1S/C14H19FN2O/c1-9-3-4-11(7-12(9)15)14(18)17-13-5-6-16-8-10(13)2/h3-4,7,10,13,16H,5-6,8H2,1-2H3,(H,17,18)/t10-,13+/m0/s1. The van der Waals surface area contributed by atoms with E-state index in [-0.39, 0.29) is 17.8 Å². The minimum absolute atomic E-state index is 0.170.